The summed E-state index contributed by atoms with van der Waals surface area (Å²) in [6, 6.07) is 0.729. The molecule has 4 aliphatic rings. The average Bonchev–Trinajstić information content (AvgIpc) is 3.23. The summed E-state index contributed by atoms with van der Waals surface area (Å²) in [5, 5.41) is 19.3. The molecule has 4 aliphatic carbocycles. The molecule has 0 aromatic carbocycles. The third kappa shape index (κ3) is 5.45. The Bertz CT molecular complexity index is 682. The van der Waals surface area contributed by atoms with Gasteiger partial charge in [0.25, 0.3) is 0 Å². The van der Waals surface area contributed by atoms with E-state index in [1.807, 2.05) is 0 Å². The Morgan fingerprint density at radius 2 is 1.72 bits per heavy atom. The second kappa shape index (κ2) is 12.3. The van der Waals surface area contributed by atoms with Crippen molar-refractivity contribution in [3.05, 3.63) is 0 Å². The summed E-state index contributed by atoms with van der Waals surface area (Å²) in [4.78, 5) is 2.49. The first-order chi connectivity index (χ1) is 17.3. The van der Waals surface area contributed by atoms with Crippen LogP contribution in [0.1, 0.15) is 106 Å². The number of aliphatic hydroxyl groups is 1. The fraction of sp³-hybridized carbons (Fsp3) is 1.00. The summed E-state index contributed by atoms with van der Waals surface area (Å²) in [5.41, 5.74) is 0.596. The molecule has 210 valence electrons. The smallest absolute Gasteiger partial charge is 0.0602 e. The number of likely N-dealkylation sites (N-methyl/N-ethyl adjacent to an activating group) is 1. The molecule has 4 nitrogen and oxygen atoms in total. The van der Waals surface area contributed by atoms with Gasteiger partial charge < -0.3 is 20.6 Å². The molecule has 0 heterocycles. The van der Waals surface area contributed by atoms with Crippen LogP contribution in [0.4, 0.5) is 0 Å². The van der Waals surface area contributed by atoms with Crippen LogP contribution in [-0.4, -0.2) is 61.4 Å². The topological polar surface area (TPSA) is 47.5 Å². The van der Waals surface area contributed by atoms with Crippen LogP contribution >= 0.6 is 0 Å². The predicted octanol–water partition coefficient (Wildman–Crippen LogP) is 5.94. The standard InChI is InChI=1S/C32H61N3O/c1-7-34-25-16-17-31(5)24(21-25)12-13-26-28-15-14-27(32(28,6)30(36)22-29(26)31)23(4)11-10-18-33-19-20-35(8-2)9-3/h23-30,33-34,36H,7-22H2,1-6H3/t23-,24-,25+,26+,27-,28+,29+,30+,31+,32-/m1/s1. The second-order valence-corrected chi connectivity index (χ2v) is 13.9. The van der Waals surface area contributed by atoms with Crippen LogP contribution in [0.15, 0.2) is 0 Å². The minimum absolute atomic E-state index is 0.104. The molecule has 4 saturated carbocycles. The van der Waals surface area contributed by atoms with Crippen LogP contribution in [0.3, 0.4) is 0 Å². The van der Waals surface area contributed by atoms with Crippen molar-refractivity contribution in [3.63, 3.8) is 0 Å². The monoisotopic (exact) mass is 503 g/mol. The fourth-order valence-corrected chi connectivity index (χ4v) is 10.3. The largest absolute Gasteiger partial charge is 0.393 e. The van der Waals surface area contributed by atoms with Gasteiger partial charge in [0.05, 0.1) is 6.10 Å². The first-order valence-corrected chi connectivity index (χ1v) is 16.1. The van der Waals surface area contributed by atoms with E-state index in [9.17, 15) is 5.11 Å². The van der Waals surface area contributed by atoms with Crippen molar-refractivity contribution >= 4 is 0 Å². The normalized spacial score (nSPS) is 43.2. The zero-order valence-electron chi connectivity index (χ0n) is 24.8. The number of nitrogens with one attached hydrogen (secondary N) is 2. The Hall–Kier alpha value is -0.160. The molecular formula is C32H61N3O. The number of nitrogens with zero attached hydrogens (tertiary/aromatic N) is 1. The van der Waals surface area contributed by atoms with Crippen LogP contribution in [0, 0.1) is 46.3 Å². The molecule has 0 aromatic rings. The Morgan fingerprint density at radius 3 is 2.44 bits per heavy atom. The Labute approximate surface area is 224 Å². The van der Waals surface area contributed by atoms with Crippen LogP contribution in [0.2, 0.25) is 0 Å². The van der Waals surface area contributed by atoms with Gasteiger partial charge in [-0.15, -0.1) is 0 Å². The molecule has 36 heavy (non-hydrogen) atoms. The molecule has 0 radical (unpaired) electrons. The number of hydrogen-bond donors (Lipinski definition) is 3. The summed E-state index contributed by atoms with van der Waals surface area (Å²) >= 11 is 0. The van der Waals surface area contributed by atoms with Gasteiger partial charge >= 0.3 is 0 Å². The maximum atomic E-state index is 11.8. The molecule has 0 aromatic heterocycles. The lowest BCUT2D eigenvalue weighted by molar-refractivity contribution is -0.169. The molecule has 0 unspecified atom stereocenters. The summed E-state index contributed by atoms with van der Waals surface area (Å²) < 4.78 is 0. The molecule has 10 atom stereocenters. The Balaban J connectivity index is 1.33. The van der Waals surface area contributed by atoms with Gasteiger partial charge in [-0.05, 0) is 137 Å². The first kappa shape index (κ1) is 28.8. The summed E-state index contributed by atoms with van der Waals surface area (Å²) in [5.74, 6) is 4.63. The van der Waals surface area contributed by atoms with Crippen molar-refractivity contribution in [3.8, 4) is 0 Å². The molecule has 0 saturated heterocycles. The number of rotatable bonds is 12. The van der Waals surface area contributed by atoms with Gasteiger partial charge in [-0.2, -0.15) is 0 Å². The third-order valence-electron chi connectivity index (χ3n) is 12.5. The minimum Gasteiger partial charge on any atom is -0.393 e. The molecular weight excluding hydrogens is 442 g/mol. The maximum absolute atomic E-state index is 11.8. The van der Waals surface area contributed by atoms with Crippen molar-refractivity contribution in [2.24, 2.45) is 46.3 Å². The highest BCUT2D eigenvalue weighted by molar-refractivity contribution is 5.12. The lowest BCUT2D eigenvalue weighted by atomic mass is 9.43. The highest BCUT2D eigenvalue weighted by atomic mass is 16.3. The van der Waals surface area contributed by atoms with Crippen molar-refractivity contribution in [2.75, 3.05) is 39.3 Å². The highest BCUT2D eigenvalue weighted by Gasteiger charge is 2.63. The minimum atomic E-state index is -0.104. The van der Waals surface area contributed by atoms with E-state index in [1.54, 1.807) is 0 Å². The van der Waals surface area contributed by atoms with Gasteiger partial charge in [0, 0.05) is 19.1 Å². The van der Waals surface area contributed by atoms with E-state index in [0.29, 0.717) is 11.3 Å². The quantitative estimate of drug-likeness (QED) is 0.288. The average molecular weight is 504 g/mol. The fourth-order valence-electron chi connectivity index (χ4n) is 10.3. The summed E-state index contributed by atoms with van der Waals surface area (Å²) in [7, 11) is 0. The Kier molecular flexibility index (Phi) is 9.89. The van der Waals surface area contributed by atoms with Crippen molar-refractivity contribution in [1.29, 1.82) is 0 Å². The maximum Gasteiger partial charge on any atom is 0.0602 e. The summed E-state index contributed by atoms with van der Waals surface area (Å²) in [6.07, 6.45) is 13.2. The first-order valence-electron chi connectivity index (χ1n) is 16.1. The zero-order chi connectivity index (χ0) is 25.9. The van der Waals surface area contributed by atoms with Crippen LogP contribution < -0.4 is 10.6 Å². The number of hydrogen-bond acceptors (Lipinski definition) is 4. The number of aliphatic hydroxyl groups excluding tert-OH is 1. The highest BCUT2D eigenvalue weighted by Crippen LogP contribution is 2.68. The molecule has 0 spiro atoms. The van der Waals surface area contributed by atoms with E-state index in [2.05, 4.69) is 57.1 Å². The van der Waals surface area contributed by atoms with Crippen molar-refractivity contribution < 1.29 is 5.11 Å². The van der Waals surface area contributed by atoms with E-state index in [4.69, 9.17) is 0 Å². The molecule has 0 bridgehead atoms. The van der Waals surface area contributed by atoms with E-state index in [-0.39, 0.29) is 11.5 Å². The van der Waals surface area contributed by atoms with E-state index < -0.39 is 0 Å². The van der Waals surface area contributed by atoms with Crippen molar-refractivity contribution in [2.45, 2.75) is 118 Å². The predicted molar refractivity (Wildman–Crippen MR) is 153 cm³/mol. The van der Waals surface area contributed by atoms with Gasteiger partial charge in [0.2, 0.25) is 0 Å². The van der Waals surface area contributed by atoms with Crippen LogP contribution in [0.25, 0.3) is 0 Å². The van der Waals surface area contributed by atoms with E-state index in [0.717, 1.165) is 81.3 Å². The lowest BCUT2D eigenvalue weighted by Crippen LogP contribution is -2.59. The zero-order valence-corrected chi connectivity index (χ0v) is 24.8. The molecule has 0 amide bonds. The second-order valence-electron chi connectivity index (χ2n) is 13.9. The summed E-state index contributed by atoms with van der Waals surface area (Å²) in [6.45, 7) is 21.2. The molecule has 0 aliphatic heterocycles. The SMILES string of the molecule is CCN[C@H]1CC[C@@]2(C)[C@H](CC[C@@H]3[C@@H]2C[C@H](O)[C@]2(C)[C@@H]([C@H](C)CCCNCCN(CC)CC)CC[C@@H]32)C1. The van der Waals surface area contributed by atoms with E-state index in [1.165, 1.54) is 57.8 Å². The third-order valence-corrected chi connectivity index (χ3v) is 12.5. The van der Waals surface area contributed by atoms with E-state index >= 15 is 0 Å². The van der Waals surface area contributed by atoms with Crippen LogP contribution in [-0.2, 0) is 0 Å². The molecule has 4 rings (SSSR count). The number of fused-ring (bicyclic) bond motifs is 5. The van der Waals surface area contributed by atoms with Gasteiger partial charge in [-0.1, -0.05) is 41.5 Å². The molecule has 4 heteroatoms. The van der Waals surface area contributed by atoms with Gasteiger partial charge in [-0.3, -0.25) is 0 Å². The Morgan fingerprint density at radius 1 is 0.944 bits per heavy atom. The van der Waals surface area contributed by atoms with Crippen LogP contribution in [0.5, 0.6) is 0 Å². The van der Waals surface area contributed by atoms with Gasteiger partial charge in [-0.25, -0.2) is 0 Å². The van der Waals surface area contributed by atoms with Gasteiger partial charge in [0.1, 0.15) is 0 Å². The van der Waals surface area contributed by atoms with Gasteiger partial charge in [0.15, 0.2) is 0 Å². The molecule has 3 N–H and O–H groups in total. The van der Waals surface area contributed by atoms with Crippen molar-refractivity contribution in [1.82, 2.24) is 15.5 Å². The lowest BCUT2D eigenvalue weighted by Gasteiger charge is -2.62. The molecule has 4 fully saturated rings.